The van der Waals surface area contributed by atoms with Crippen molar-refractivity contribution in [2.45, 2.75) is 0 Å². The highest BCUT2D eigenvalue weighted by molar-refractivity contribution is 7.26. The maximum absolute atomic E-state index is 6.46. The van der Waals surface area contributed by atoms with Crippen LogP contribution in [0.2, 0.25) is 0 Å². The summed E-state index contributed by atoms with van der Waals surface area (Å²) < 4.78 is 11.0. The molecule has 0 N–H and O–H groups in total. The predicted molar refractivity (Wildman–Crippen MR) is 242 cm³/mol. The normalized spacial score (nSPS) is 11.7. The number of thiophene rings is 1. The summed E-state index contributed by atoms with van der Waals surface area (Å²) >= 11 is 1.77. The Hall–Kier alpha value is -7.74. The zero-order chi connectivity index (χ0) is 38.9. The molecule has 7 heteroatoms. The molecule has 0 unspecified atom stereocenters. The molecule has 59 heavy (non-hydrogen) atoms. The Morgan fingerprint density at radius 3 is 1.95 bits per heavy atom. The number of para-hydroxylation sites is 5. The third kappa shape index (κ3) is 5.55. The highest BCUT2D eigenvalue weighted by Crippen LogP contribution is 2.42. The van der Waals surface area contributed by atoms with Gasteiger partial charge in [-0.15, -0.1) is 11.3 Å². The van der Waals surface area contributed by atoms with Crippen LogP contribution in [0.15, 0.2) is 192 Å². The second-order valence-electron chi connectivity index (χ2n) is 14.6. The molecule has 8 aromatic carbocycles. The van der Waals surface area contributed by atoms with Gasteiger partial charge in [0.25, 0.3) is 0 Å². The molecule has 12 aromatic rings. The lowest BCUT2D eigenvalue weighted by Crippen LogP contribution is -2.00. The van der Waals surface area contributed by atoms with Crippen molar-refractivity contribution in [2.75, 3.05) is 0 Å². The van der Waals surface area contributed by atoms with Crippen molar-refractivity contribution in [3.05, 3.63) is 188 Å². The van der Waals surface area contributed by atoms with Crippen LogP contribution in [-0.4, -0.2) is 24.5 Å². The lowest BCUT2D eigenvalue weighted by atomic mass is 10.00. The lowest BCUT2D eigenvalue weighted by Gasteiger charge is -2.11. The molecule has 276 valence electrons. The van der Waals surface area contributed by atoms with Crippen molar-refractivity contribution in [1.82, 2.24) is 24.5 Å². The largest absolute Gasteiger partial charge is 0.455 e. The van der Waals surface area contributed by atoms with Crippen LogP contribution in [0.4, 0.5) is 0 Å². The fraction of sp³-hybridized carbons (Fsp3) is 0. The van der Waals surface area contributed by atoms with E-state index in [1.165, 1.54) is 10.1 Å². The molecule has 4 aromatic heterocycles. The summed E-state index contributed by atoms with van der Waals surface area (Å²) in [6, 6.07) is 65.1. The van der Waals surface area contributed by atoms with Gasteiger partial charge in [-0.2, -0.15) is 0 Å². The van der Waals surface area contributed by atoms with Crippen molar-refractivity contribution in [3.63, 3.8) is 0 Å². The average molecular weight is 774 g/mol. The van der Waals surface area contributed by atoms with Gasteiger partial charge in [0, 0.05) is 53.3 Å². The van der Waals surface area contributed by atoms with E-state index in [-0.39, 0.29) is 0 Å². The molecule has 12 rings (SSSR count). The van der Waals surface area contributed by atoms with E-state index in [1.807, 2.05) is 72.8 Å². The van der Waals surface area contributed by atoms with Crippen LogP contribution >= 0.6 is 11.3 Å². The minimum atomic E-state index is 0.569. The molecule has 0 amide bonds. The van der Waals surface area contributed by atoms with E-state index in [4.69, 9.17) is 24.4 Å². The smallest absolute Gasteiger partial charge is 0.167 e. The molecule has 0 radical (unpaired) electrons. The van der Waals surface area contributed by atoms with Crippen LogP contribution in [0.25, 0.3) is 116 Å². The van der Waals surface area contributed by atoms with Crippen molar-refractivity contribution in [2.24, 2.45) is 0 Å². The second kappa shape index (κ2) is 13.4. The van der Waals surface area contributed by atoms with E-state index >= 15 is 0 Å². The van der Waals surface area contributed by atoms with E-state index < -0.39 is 0 Å². The van der Waals surface area contributed by atoms with Gasteiger partial charge in [-0.05, 0) is 71.8 Å². The highest BCUT2D eigenvalue weighted by Gasteiger charge is 2.20. The fourth-order valence-corrected chi connectivity index (χ4v) is 9.50. The van der Waals surface area contributed by atoms with E-state index in [0.717, 1.165) is 88.0 Å². The average Bonchev–Trinajstić information content (AvgIpc) is 4.01. The Morgan fingerprint density at radius 2 is 1.07 bits per heavy atom. The van der Waals surface area contributed by atoms with Gasteiger partial charge < -0.3 is 4.42 Å². The molecule has 0 saturated carbocycles. The maximum atomic E-state index is 6.46. The lowest BCUT2D eigenvalue weighted by molar-refractivity contribution is 0.669. The second-order valence-corrected chi connectivity index (χ2v) is 15.7. The predicted octanol–water partition coefficient (Wildman–Crippen LogP) is 13.8. The summed E-state index contributed by atoms with van der Waals surface area (Å²) in [5.74, 6) is 2.71. The summed E-state index contributed by atoms with van der Waals surface area (Å²) in [5, 5.41) is 4.45. The molecule has 0 atom stereocenters. The number of nitrogens with zero attached hydrogens (tertiary/aromatic N) is 5. The Labute approximate surface area is 342 Å². The first kappa shape index (κ1) is 33.4. The maximum Gasteiger partial charge on any atom is 0.167 e. The van der Waals surface area contributed by atoms with Crippen molar-refractivity contribution >= 4 is 64.5 Å². The Balaban J connectivity index is 0.995. The number of hydrogen-bond acceptors (Lipinski definition) is 6. The molecule has 0 bridgehead atoms. The van der Waals surface area contributed by atoms with Gasteiger partial charge in [0.2, 0.25) is 0 Å². The molecule has 0 aliphatic carbocycles. The van der Waals surface area contributed by atoms with Gasteiger partial charge >= 0.3 is 0 Å². The van der Waals surface area contributed by atoms with E-state index in [1.54, 1.807) is 11.3 Å². The monoisotopic (exact) mass is 773 g/mol. The first-order valence-corrected chi connectivity index (χ1v) is 20.4. The van der Waals surface area contributed by atoms with Gasteiger partial charge in [0.1, 0.15) is 17.0 Å². The molecule has 0 aliphatic heterocycles. The molecule has 0 aliphatic rings. The Bertz CT molecular complexity index is 3570. The molecule has 6 nitrogen and oxygen atoms in total. The van der Waals surface area contributed by atoms with Crippen molar-refractivity contribution in [3.8, 4) is 62.4 Å². The summed E-state index contributed by atoms with van der Waals surface area (Å²) in [5.41, 5.74) is 10.7. The highest BCUT2D eigenvalue weighted by atomic mass is 32.1. The quantitative estimate of drug-likeness (QED) is 0.168. The van der Waals surface area contributed by atoms with Crippen LogP contribution in [0.3, 0.4) is 0 Å². The summed E-state index contributed by atoms with van der Waals surface area (Å²) in [6.07, 6.45) is 0. The Morgan fingerprint density at radius 1 is 0.424 bits per heavy atom. The van der Waals surface area contributed by atoms with Gasteiger partial charge in [-0.25, -0.2) is 19.9 Å². The molecule has 0 fully saturated rings. The molecule has 0 saturated heterocycles. The van der Waals surface area contributed by atoms with E-state index in [2.05, 4.69) is 120 Å². The number of furan rings is 1. The van der Waals surface area contributed by atoms with Gasteiger partial charge in [-0.1, -0.05) is 127 Å². The van der Waals surface area contributed by atoms with Crippen LogP contribution in [0.5, 0.6) is 0 Å². The van der Waals surface area contributed by atoms with Gasteiger partial charge in [-0.3, -0.25) is 4.57 Å². The first-order chi connectivity index (χ1) is 29.2. The summed E-state index contributed by atoms with van der Waals surface area (Å²) in [6.45, 7) is 0. The first-order valence-electron chi connectivity index (χ1n) is 19.5. The zero-order valence-electron chi connectivity index (χ0n) is 31.5. The molecule has 0 spiro atoms. The van der Waals surface area contributed by atoms with Crippen molar-refractivity contribution < 1.29 is 4.42 Å². The fourth-order valence-electron chi connectivity index (χ4n) is 8.31. The number of fused-ring (bicyclic) bond motifs is 7. The summed E-state index contributed by atoms with van der Waals surface area (Å²) in [7, 11) is 0. The molecular formula is C52H31N5OS. The Kier molecular flexibility index (Phi) is 7.61. The number of imidazole rings is 1. The number of benzene rings is 8. The molecule has 4 heterocycles. The molecular weight excluding hydrogens is 743 g/mol. The van der Waals surface area contributed by atoms with E-state index in [9.17, 15) is 0 Å². The number of rotatable bonds is 6. The standard InChI is InChI=1S/C52H31N5OS/c1-3-14-32(15-4-1)49-54-50(40-23-12-21-38-37-20-7-10-27-45(37)58-47(38)40)56-51(55-49)41-24-13-22-39-42-31-34(28-29-46(42)59-48(39)41)33-16-11-17-35(30-33)52-53-43-25-8-9-26-44(43)57(52)36-18-5-2-6-19-36/h1-31H. The number of aromatic nitrogens is 5. The van der Waals surface area contributed by atoms with E-state index in [0.29, 0.717) is 17.5 Å². The van der Waals surface area contributed by atoms with Crippen LogP contribution in [-0.2, 0) is 0 Å². The third-order valence-corrected chi connectivity index (χ3v) is 12.3. The minimum Gasteiger partial charge on any atom is -0.455 e. The van der Waals surface area contributed by atoms with Gasteiger partial charge in [0.15, 0.2) is 17.5 Å². The van der Waals surface area contributed by atoms with Crippen LogP contribution in [0, 0.1) is 0 Å². The van der Waals surface area contributed by atoms with Crippen LogP contribution < -0.4 is 0 Å². The summed E-state index contributed by atoms with van der Waals surface area (Å²) in [4.78, 5) is 20.5. The zero-order valence-corrected chi connectivity index (χ0v) is 32.3. The SMILES string of the molecule is c1ccc(-c2nc(-c3cccc4c3oc3ccccc34)nc(-c3cccc4c3sc3ccc(-c5cccc(-c6nc7ccccc7n6-c6ccccc6)c5)cc34)n2)cc1. The third-order valence-electron chi connectivity index (χ3n) is 11.1. The van der Waals surface area contributed by atoms with Gasteiger partial charge in [0.05, 0.1) is 16.6 Å². The van der Waals surface area contributed by atoms with Crippen molar-refractivity contribution in [1.29, 1.82) is 0 Å². The number of hydrogen-bond donors (Lipinski definition) is 0. The minimum absolute atomic E-state index is 0.569. The van der Waals surface area contributed by atoms with Crippen LogP contribution in [0.1, 0.15) is 0 Å². The topological polar surface area (TPSA) is 69.6 Å².